The van der Waals surface area contributed by atoms with Crippen LogP contribution in [-0.4, -0.2) is 23.2 Å². The molecule has 0 fully saturated rings. The van der Waals surface area contributed by atoms with Crippen molar-refractivity contribution in [2.24, 2.45) is 0 Å². The van der Waals surface area contributed by atoms with Gasteiger partial charge in [0.2, 0.25) is 5.91 Å². The van der Waals surface area contributed by atoms with Crippen LogP contribution in [0, 0.1) is 0 Å². The first-order valence-corrected chi connectivity index (χ1v) is 12.8. The van der Waals surface area contributed by atoms with Crippen molar-refractivity contribution in [3.8, 4) is 0 Å². The van der Waals surface area contributed by atoms with Gasteiger partial charge in [0, 0.05) is 22.5 Å². The first kappa shape index (κ1) is 23.1. The van der Waals surface area contributed by atoms with E-state index in [2.05, 4.69) is 17.2 Å². The Morgan fingerprint density at radius 1 is 0.969 bits per heavy atom. The topological polar surface area (TPSA) is 42.0 Å². The average molecular weight is 502 g/mol. The molecule has 4 aromatic rings. The van der Waals surface area contributed by atoms with Crippen LogP contribution in [0.25, 0.3) is 10.2 Å². The highest BCUT2D eigenvalue weighted by Crippen LogP contribution is 2.34. The molecule has 1 N–H and O–H groups in total. The van der Waals surface area contributed by atoms with Gasteiger partial charge < -0.3 is 5.32 Å². The van der Waals surface area contributed by atoms with Crippen molar-refractivity contribution in [1.82, 2.24) is 10.3 Å². The van der Waals surface area contributed by atoms with Gasteiger partial charge in [-0.2, -0.15) is 0 Å². The van der Waals surface area contributed by atoms with Crippen LogP contribution in [0.4, 0.5) is 0 Å². The average Bonchev–Trinajstić information content (AvgIpc) is 3.22. The van der Waals surface area contributed by atoms with Crippen molar-refractivity contribution in [1.29, 1.82) is 0 Å². The fraction of sp³-hybridized carbons (Fsp3) is 0.200. The SMILES string of the molecule is CC(c1ccc(Cl)cc1)C(CNC(=O)CSc1nc2ccccc2s1)c1ccc(Cl)cc1. The molecular weight excluding hydrogens is 479 g/mol. The van der Waals surface area contributed by atoms with Gasteiger partial charge in [0.1, 0.15) is 0 Å². The Morgan fingerprint density at radius 2 is 1.59 bits per heavy atom. The Morgan fingerprint density at radius 3 is 2.25 bits per heavy atom. The van der Waals surface area contributed by atoms with Gasteiger partial charge in [0.15, 0.2) is 4.34 Å². The zero-order valence-corrected chi connectivity index (χ0v) is 20.6. The smallest absolute Gasteiger partial charge is 0.230 e. The first-order valence-electron chi connectivity index (χ1n) is 10.3. The molecule has 1 heterocycles. The number of carbonyl (C=O) groups excluding carboxylic acids is 1. The molecule has 3 aromatic carbocycles. The highest BCUT2D eigenvalue weighted by atomic mass is 35.5. The van der Waals surface area contributed by atoms with Crippen LogP contribution in [0.5, 0.6) is 0 Å². The van der Waals surface area contributed by atoms with E-state index in [1.807, 2.05) is 72.8 Å². The largest absolute Gasteiger partial charge is 0.355 e. The lowest BCUT2D eigenvalue weighted by Crippen LogP contribution is -2.31. The van der Waals surface area contributed by atoms with Crippen LogP contribution < -0.4 is 5.32 Å². The zero-order chi connectivity index (χ0) is 22.5. The number of aromatic nitrogens is 1. The molecule has 0 bridgehead atoms. The molecule has 2 unspecified atom stereocenters. The number of para-hydroxylation sites is 1. The number of thiazole rings is 1. The number of fused-ring (bicyclic) bond motifs is 1. The Hall–Kier alpha value is -2.05. The monoisotopic (exact) mass is 500 g/mol. The number of hydrogen-bond donors (Lipinski definition) is 1. The van der Waals surface area contributed by atoms with Crippen LogP contribution in [-0.2, 0) is 4.79 Å². The second-order valence-corrected chi connectivity index (χ2v) is 10.7. The molecule has 0 radical (unpaired) electrons. The van der Waals surface area contributed by atoms with Crippen LogP contribution in [0.1, 0.15) is 29.9 Å². The number of nitrogens with one attached hydrogen (secondary N) is 1. The Labute approximate surface area is 206 Å². The number of thioether (sulfide) groups is 1. The predicted octanol–water partition coefficient (Wildman–Crippen LogP) is 7.40. The molecule has 7 heteroatoms. The van der Waals surface area contributed by atoms with Gasteiger partial charge in [-0.1, -0.05) is 78.3 Å². The van der Waals surface area contributed by atoms with Crippen LogP contribution in [0.15, 0.2) is 77.1 Å². The number of carbonyl (C=O) groups is 1. The maximum absolute atomic E-state index is 12.6. The summed E-state index contributed by atoms with van der Waals surface area (Å²) >= 11 is 15.2. The van der Waals surface area contributed by atoms with E-state index >= 15 is 0 Å². The lowest BCUT2D eigenvalue weighted by atomic mass is 9.82. The third kappa shape index (κ3) is 5.84. The third-order valence-corrected chi connectivity index (χ3v) is 8.10. The summed E-state index contributed by atoms with van der Waals surface area (Å²) in [4.78, 5) is 17.2. The minimum absolute atomic E-state index is 0.00322. The lowest BCUT2D eigenvalue weighted by molar-refractivity contribution is -0.118. The Kier molecular flexibility index (Phi) is 7.74. The fourth-order valence-electron chi connectivity index (χ4n) is 3.61. The quantitative estimate of drug-likeness (QED) is 0.256. The van der Waals surface area contributed by atoms with Crippen molar-refractivity contribution >= 4 is 62.4 Å². The minimum atomic E-state index is -0.00322. The molecule has 164 valence electrons. The molecule has 1 amide bonds. The number of halogens is 2. The van der Waals surface area contributed by atoms with E-state index in [9.17, 15) is 4.79 Å². The number of nitrogens with zero attached hydrogens (tertiary/aromatic N) is 1. The normalized spacial score (nSPS) is 13.1. The van der Waals surface area contributed by atoms with Crippen molar-refractivity contribution in [3.05, 3.63) is 94.0 Å². The summed E-state index contributed by atoms with van der Waals surface area (Å²) in [5, 5.41) is 4.53. The molecule has 0 aliphatic carbocycles. The van der Waals surface area contributed by atoms with Crippen LogP contribution >= 0.6 is 46.3 Å². The zero-order valence-electron chi connectivity index (χ0n) is 17.4. The van der Waals surface area contributed by atoms with Gasteiger partial charge in [-0.3, -0.25) is 4.79 Å². The Balaban J connectivity index is 1.42. The molecule has 0 aliphatic rings. The summed E-state index contributed by atoms with van der Waals surface area (Å²) in [5.41, 5.74) is 3.28. The fourth-order valence-corrected chi connectivity index (χ4v) is 5.76. The summed E-state index contributed by atoms with van der Waals surface area (Å²) in [6, 6.07) is 23.7. The molecule has 3 nitrogen and oxygen atoms in total. The number of benzene rings is 3. The van der Waals surface area contributed by atoms with E-state index in [4.69, 9.17) is 23.2 Å². The second-order valence-electron chi connectivity index (χ2n) is 7.54. The Bertz CT molecular complexity index is 1160. The lowest BCUT2D eigenvalue weighted by Gasteiger charge is -2.25. The van der Waals surface area contributed by atoms with E-state index in [1.165, 1.54) is 17.3 Å². The van der Waals surface area contributed by atoms with Gasteiger partial charge in [-0.05, 0) is 53.4 Å². The maximum atomic E-state index is 12.6. The molecule has 0 spiro atoms. The number of rotatable bonds is 8. The van der Waals surface area contributed by atoms with Gasteiger partial charge >= 0.3 is 0 Å². The number of hydrogen-bond acceptors (Lipinski definition) is 4. The second kappa shape index (κ2) is 10.7. The molecular formula is C25H22Cl2N2OS2. The first-order chi connectivity index (χ1) is 15.5. The molecule has 4 rings (SSSR count). The standard InChI is InChI=1S/C25H22Cl2N2OS2/c1-16(17-6-10-19(26)11-7-17)21(18-8-12-20(27)13-9-18)14-28-24(30)15-31-25-29-22-4-2-3-5-23(22)32-25/h2-13,16,21H,14-15H2,1H3,(H,28,30). The van der Waals surface area contributed by atoms with E-state index in [0.29, 0.717) is 22.3 Å². The summed E-state index contributed by atoms with van der Waals surface area (Å²) < 4.78 is 2.04. The van der Waals surface area contributed by atoms with Crippen LogP contribution in [0.3, 0.4) is 0 Å². The van der Waals surface area contributed by atoms with Crippen molar-refractivity contribution in [3.63, 3.8) is 0 Å². The summed E-state index contributed by atoms with van der Waals surface area (Å²) in [5.74, 6) is 0.620. The van der Waals surface area contributed by atoms with Crippen LogP contribution in [0.2, 0.25) is 10.0 Å². The molecule has 0 aliphatic heterocycles. The predicted molar refractivity (Wildman–Crippen MR) is 137 cm³/mol. The molecule has 2 atom stereocenters. The molecule has 0 saturated carbocycles. The number of amides is 1. The molecule has 32 heavy (non-hydrogen) atoms. The van der Waals surface area contributed by atoms with Gasteiger partial charge in [-0.25, -0.2) is 4.98 Å². The third-order valence-electron chi connectivity index (χ3n) is 5.42. The van der Waals surface area contributed by atoms with Gasteiger partial charge in [0.25, 0.3) is 0 Å². The van der Waals surface area contributed by atoms with Crippen molar-refractivity contribution < 1.29 is 4.79 Å². The van der Waals surface area contributed by atoms with E-state index in [1.54, 1.807) is 11.3 Å². The maximum Gasteiger partial charge on any atom is 0.230 e. The van der Waals surface area contributed by atoms with Crippen molar-refractivity contribution in [2.75, 3.05) is 12.3 Å². The molecule has 1 aromatic heterocycles. The summed E-state index contributed by atoms with van der Waals surface area (Å²) in [7, 11) is 0. The highest BCUT2D eigenvalue weighted by Gasteiger charge is 2.22. The van der Waals surface area contributed by atoms with E-state index in [0.717, 1.165) is 20.1 Å². The van der Waals surface area contributed by atoms with Gasteiger partial charge in [-0.15, -0.1) is 11.3 Å². The summed E-state index contributed by atoms with van der Waals surface area (Å²) in [6.45, 7) is 2.70. The van der Waals surface area contributed by atoms with E-state index in [-0.39, 0.29) is 17.7 Å². The summed E-state index contributed by atoms with van der Waals surface area (Å²) in [6.07, 6.45) is 0. The molecule has 0 saturated heterocycles. The van der Waals surface area contributed by atoms with Gasteiger partial charge in [0.05, 0.1) is 16.0 Å². The van der Waals surface area contributed by atoms with E-state index < -0.39 is 0 Å². The van der Waals surface area contributed by atoms with Crippen molar-refractivity contribution in [2.45, 2.75) is 23.1 Å². The minimum Gasteiger partial charge on any atom is -0.355 e. The highest BCUT2D eigenvalue weighted by molar-refractivity contribution is 8.01.